The molecule has 536 valence electrons. The lowest BCUT2D eigenvalue weighted by Gasteiger charge is -2.36. The number of anilines is 3. The lowest BCUT2D eigenvalue weighted by Crippen LogP contribution is -2.50. The van der Waals surface area contributed by atoms with Crippen LogP contribution in [0.5, 0.6) is 17.2 Å². The zero-order valence-electron chi connectivity index (χ0n) is 59.8. The third-order valence-electron chi connectivity index (χ3n) is 17.3. The van der Waals surface area contributed by atoms with Gasteiger partial charge in [-0.25, -0.2) is 9.59 Å². The summed E-state index contributed by atoms with van der Waals surface area (Å²) in [7, 11) is 1.36. The molecule has 0 spiro atoms. The Morgan fingerprint density at radius 2 is 0.757 bits per heavy atom. The largest absolute Gasteiger partial charge is 0.508 e. The van der Waals surface area contributed by atoms with E-state index < -0.39 is 23.4 Å². The molecule has 0 bridgehead atoms. The minimum Gasteiger partial charge on any atom is -0.508 e. The predicted molar refractivity (Wildman–Crippen MR) is 400 cm³/mol. The Balaban J connectivity index is 0.000000197. The number of hydrogen-bond acceptors (Lipinski definition) is 16. The Labute approximate surface area is 604 Å². The summed E-state index contributed by atoms with van der Waals surface area (Å²) in [5, 5.41) is 29.8. The van der Waals surface area contributed by atoms with Gasteiger partial charge < -0.3 is 59.0 Å². The highest BCUT2D eigenvalue weighted by Crippen LogP contribution is 2.25. The number of imide groups is 1. The summed E-state index contributed by atoms with van der Waals surface area (Å²) in [5.41, 5.74) is 10.8. The van der Waals surface area contributed by atoms with Gasteiger partial charge in [0.15, 0.2) is 0 Å². The van der Waals surface area contributed by atoms with E-state index in [0.717, 1.165) is 93.3 Å². The van der Waals surface area contributed by atoms with E-state index in [-0.39, 0.29) is 73.2 Å². The first-order valence-electron chi connectivity index (χ1n) is 34.6. The maximum absolute atomic E-state index is 12.6. The standard InChI is InChI=1S/C30H31N3O6.C27H30N2O4.C26H30N2O3/c1-22-9-10-24(21-26(22)34)6-3-2-5-23-11-13-25(14-12-23)31-17-19-32(20-18-31)27(35)7-4-8-30(38)39-33-28(36)15-16-29(33)37;1-21-10-11-23(20-25(21)30)7-4-3-6-22-12-14-24(15-13-22)28-16-18-29(19-17-28)26(31)8-5-9-27(32)33-2;1-20-9-10-22(19-24(20)29)8-6-5-7-21-11-13-23(14-12-21)27-15-17-28(18-16-27)25(30)31-26(2,3)4/h3,6,9-14,21,34H,4,7-8,15-20H2,1H3;4,7,10-15,20,30H,5,8-9,16-19H2,1-2H3;6,8-14,19,29H,15-18H2,1-4H3/b6-3+;7-4+;8-6+. The quantitative estimate of drug-likeness (QED) is 0.0493. The molecule has 4 fully saturated rings. The summed E-state index contributed by atoms with van der Waals surface area (Å²) in [4.78, 5) is 100. The Morgan fingerprint density at radius 1 is 0.437 bits per heavy atom. The second-order valence-electron chi connectivity index (χ2n) is 26.1. The van der Waals surface area contributed by atoms with E-state index in [1.54, 1.807) is 46.2 Å². The Bertz CT molecular complexity index is 4230. The topological polar surface area (TPSA) is 231 Å². The third kappa shape index (κ3) is 24.9. The van der Waals surface area contributed by atoms with Gasteiger partial charge in [-0.1, -0.05) is 71.9 Å². The molecule has 0 aromatic heterocycles. The van der Waals surface area contributed by atoms with Crippen LogP contribution in [-0.2, 0) is 43.1 Å². The van der Waals surface area contributed by atoms with Crippen molar-refractivity contribution >= 4 is 77.0 Å². The molecule has 0 saturated carbocycles. The van der Waals surface area contributed by atoms with Crippen molar-refractivity contribution in [3.8, 4) is 52.8 Å². The number of rotatable bonds is 15. The van der Waals surface area contributed by atoms with Gasteiger partial charge in [0.25, 0.3) is 11.8 Å². The number of phenolic OH excluding ortho intramolecular Hbond substituents is 3. The Hall–Kier alpha value is -11.7. The molecule has 6 aromatic rings. The molecule has 20 heteroatoms. The molecule has 0 unspecified atom stereocenters. The second kappa shape index (κ2) is 38.2. The normalized spacial score (nSPS) is 14.5. The Kier molecular flexibility index (Phi) is 28.6. The van der Waals surface area contributed by atoms with Crippen molar-refractivity contribution in [3.05, 3.63) is 196 Å². The van der Waals surface area contributed by atoms with Crippen LogP contribution in [0.4, 0.5) is 21.9 Å². The maximum atomic E-state index is 12.6. The van der Waals surface area contributed by atoms with E-state index in [9.17, 15) is 48.9 Å². The van der Waals surface area contributed by atoms with Gasteiger partial charge in [-0.05, 0) is 215 Å². The zero-order valence-corrected chi connectivity index (χ0v) is 59.8. The molecule has 3 N–H and O–H groups in total. The fourth-order valence-corrected chi connectivity index (χ4v) is 11.1. The maximum Gasteiger partial charge on any atom is 0.410 e. The lowest BCUT2D eigenvalue weighted by molar-refractivity contribution is -0.197. The molecular formula is C83H91N7O13. The molecule has 10 rings (SSSR count). The van der Waals surface area contributed by atoms with Crippen molar-refractivity contribution in [1.29, 1.82) is 0 Å². The van der Waals surface area contributed by atoms with Crippen molar-refractivity contribution in [2.75, 3.05) is 100 Å². The molecule has 103 heavy (non-hydrogen) atoms. The molecule has 5 amide bonds. The average Bonchev–Trinajstić information content (AvgIpc) is 1.59. The fraction of sp³-hybridized carbons (Fsp3) is 0.337. The minimum atomic E-state index is -0.688. The molecule has 4 aliphatic heterocycles. The van der Waals surface area contributed by atoms with Gasteiger partial charge >= 0.3 is 18.0 Å². The number of aromatic hydroxyl groups is 3. The zero-order chi connectivity index (χ0) is 73.8. The number of amides is 5. The number of phenols is 3. The fourth-order valence-electron chi connectivity index (χ4n) is 11.1. The number of benzene rings is 6. The van der Waals surface area contributed by atoms with Crippen molar-refractivity contribution in [2.45, 2.75) is 98.5 Å². The number of carbonyl (C=O) groups excluding carboxylic acids is 7. The summed E-state index contributed by atoms with van der Waals surface area (Å²) in [5.74, 6) is 17.3. The third-order valence-corrected chi connectivity index (χ3v) is 17.3. The minimum absolute atomic E-state index is 0.0321. The number of nitrogens with zero attached hydrogens (tertiary/aromatic N) is 7. The van der Waals surface area contributed by atoms with Crippen molar-refractivity contribution < 1.29 is 63.2 Å². The van der Waals surface area contributed by atoms with Gasteiger partial charge in [-0.2, -0.15) is 0 Å². The number of methoxy groups -OCH3 is 1. The number of ether oxygens (including phenoxy) is 2. The van der Waals surface area contributed by atoms with Gasteiger partial charge in [0.2, 0.25) is 11.8 Å². The van der Waals surface area contributed by atoms with Crippen LogP contribution < -0.4 is 14.7 Å². The van der Waals surface area contributed by atoms with Crippen molar-refractivity contribution in [2.24, 2.45) is 0 Å². The van der Waals surface area contributed by atoms with Crippen LogP contribution in [0.1, 0.15) is 122 Å². The SMILES string of the molecule is COC(=O)CCCC(=O)N1CCN(c2ccc(C#C/C=C/c3ccc(C)c(O)c3)cc2)CC1.Cc1ccc(/C=C/C#Cc2ccc(N3CCN(C(=O)CCCC(=O)ON4C(=O)CCC4=O)CC3)cc2)cc1O.Cc1ccc(/C=C/C#Cc2ccc(N3CCN(C(=O)OC(C)(C)C)CC3)cc2)cc1O. The lowest BCUT2D eigenvalue weighted by atomic mass is 10.1. The first kappa shape index (κ1) is 77.1. The highest BCUT2D eigenvalue weighted by atomic mass is 16.7. The molecule has 20 nitrogen and oxygen atoms in total. The summed E-state index contributed by atoms with van der Waals surface area (Å²) >= 11 is 0. The van der Waals surface area contributed by atoms with Crippen LogP contribution in [-0.4, -0.2) is 168 Å². The molecule has 0 atom stereocenters. The van der Waals surface area contributed by atoms with Crippen LogP contribution in [0.2, 0.25) is 0 Å². The van der Waals surface area contributed by atoms with E-state index in [2.05, 4.69) is 79.2 Å². The number of hydroxylamine groups is 2. The van der Waals surface area contributed by atoms with E-state index in [1.165, 1.54) is 7.11 Å². The molecule has 0 aliphatic carbocycles. The van der Waals surface area contributed by atoms with Crippen LogP contribution in [0.15, 0.2) is 146 Å². The second-order valence-corrected chi connectivity index (χ2v) is 26.1. The monoisotopic (exact) mass is 1390 g/mol. The highest BCUT2D eigenvalue weighted by molar-refractivity contribution is 6.01. The molecule has 4 saturated heterocycles. The Morgan fingerprint density at radius 3 is 1.07 bits per heavy atom. The number of aryl methyl sites for hydroxylation is 3. The molecular weight excluding hydrogens is 1300 g/mol. The first-order valence-corrected chi connectivity index (χ1v) is 34.6. The van der Waals surface area contributed by atoms with E-state index in [1.807, 2.05) is 150 Å². The van der Waals surface area contributed by atoms with Gasteiger partial charge in [0.1, 0.15) is 22.8 Å². The smallest absolute Gasteiger partial charge is 0.410 e. The van der Waals surface area contributed by atoms with Crippen LogP contribution in [0.25, 0.3) is 18.2 Å². The number of carbonyl (C=O) groups is 7. The van der Waals surface area contributed by atoms with Crippen molar-refractivity contribution in [3.63, 3.8) is 0 Å². The molecule has 0 radical (unpaired) electrons. The van der Waals surface area contributed by atoms with Crippen LogP contribution in [0.3, 0.4) is 0 Å². The molecule has 6 aromatic carbocycles. The van der Waals surface area contributed by atoms with E-state index >= 15 is 0 Å². The number of esters is 1. The van der Waals surface area contributed by atoms with Gasteiger partial charge in [-0.3, -0.25) is 24.0 Å². The molecule has 4 aliphatic rings. The summed E-state index contributed by atoms with van der Waals surface area (Å²) in [6.07, 6.45) is 12.4. The summed E-state index contributed by atoms with van der Waals surface area (Å²) in [6, 6.07) is 40.8. The number of piperazine rings is 3. The molecule has 4 heterocycles. The van der Waals surface area contributed by atoms with Gasteiger partial charge in [0, 0.05) is 151 Å². The summed E-state index contributed by atoms with van der Waals surface area (Å²) < 4.78 is 10.1. The number of allylic oxidation sites excluding steroid dienone is 3. The number of hydrogen-bond donors (Lipinski definition) is 3. The van der Waals surface area contributed by atoms with Gasteiger partial charge in [-0.15, -0.1) is 5.06 Å². The van der Waals surface area contributed by atoms with Crippen LogP contribution >= 0.6 is 0 Å². The van der Waals surface area contributed by atoms with E-state index in [4.69, 9.17) is 9.57 Å². The predicted octanol–water partition coefficient (Wildman–Crippen LogP) is 11.8. The summed E-state index contributed by atoms with van der Waals surface area (Å²) in [6.45, 7) is 19.6. The van der Waals surface area contributed by atoms with Gasteiger partial charge in [0.05, 0.1) is 7.11 Å². The highest BCUT2D eigenvalue weighted by Gasteiger charge is 2.33. The average molecular weight is 1390 g/mol. The van der Waals surface area contributed by atoms with Crippen LogP contribution in [0, 0.1) is 56.3 Å². The van der Waals surface area contributed by atoms with E-state index in [0.29, 0.717) is 76.7 Å². The first-order chi connectivity index (χ1) is 49.5. The van der Waals surface area contributed by atoms with Crippen molar-refractivity contribution in [1.82, 2.24) is 19.8 Å².